The molecule has 1 N–H and O–H groups in total. The molecule has 2 amide bonds. The largest absolute Gasteiger partial charge is 0.330 e. The van der Waals surface area contributed by atoms with Gasteiger partial charge in [0.25, 0.3) is 5.91 Å². The van der Waals surface area contributed by atoms with E-state index in [1.54, 1.807) is 0 Å². The molecule has 0 bridgehead atoms. The average Bonchev–Trinajstić information content (AvgIpc) is 2.79. The molecule has 3 aromatic rings. The molecule has 30 heavy (non-hydrogen) atoms. The lowest BCUT2D eigenvalue weighted by molar-refractivity contribution is -0.119. The van der Waals surface area contributed by atoms with Crippen LogP contribution in [0.2, 0.25) is 0 Å². The first kappa shape index (κ1) is 18.6. The van der Waals surface area contributed by atoms with Gasteiger partial charge >= 0.3 is 0 Å². The molecule has 2 aliphatic rings. The molecule has 0 unspecified atom stereocenters. The fourth-order valence-electron chi connectivity index (χ4n) is 4.92. The van der Waals surface area contributed by atoms with E-state index < -0.39 is 5.92 Å². The topological polar surface area (TPSA) is 49.4 Å². The third-order valence-electron chi connectivity index (χ3n) is 6.37. The maximum Gasteiger partial charge on any atom is 0.254 e. The Kier molecular flexibility index (Phi) is 4.62. The van der Waals surface area contributed by atoms with E-state index in [-0.39, 0.29) is 17.9 Å². The lowest BCUT2D eigenvalue weighted by Gasteiger charge is -2.45. The van der Waals surface area contributed by atoms with Gasteiger partial charge in [0.15, 0.2) is 0 Å². The van der Waals surface area contributed by atoms with Gasteiger partial charge in [0.1, 0.15) is 0 Å². The number of nitrogens with zero attached hydrogens (tertiary/aromatic N) is 1. The van der Waals surface area contributed by atoms with E-state index in [1.165, 1.54) is 5.56 Å². The molecule has 4 heteroatoms. The molecule has 2 atom stereocenters. The van der Waals surface area contributed by atoms with Crippen LogP contribution in [-0.2, 0) is 17.6 Å². The first-order valence-corrected chi connectivity index (χ1v) is 10.6. The molecule has 3 aromatic carbocycles. The summed E-state index contributed by atoms with van der Waals surface area (Å²) < 4.78 is 0. The zero-order chi connectivity index (χ0) is 20.7. The third-order valence-corrected chi connectivity index (χ3v) is 6.37. The highest BCUT2D eigenvalue weighted by atomic mass is 16.2. The summed E-state index contributed by atoms with van der Waals surface area (Å²) in [7, 11) is 0. The molecule has 2 heterocycles. The molecule has 2 aliphatic heterocycles. The summed E-state index contributed by atoms with van der Waals surface area (Å²) in [5.41, 5.74) is 5.69. The van der Waals surface area contributed by atoms with Crippen molar-refractivity contribution in [2.75, 3.05) is 11.9 Å². The number of anilines is 1. The zero-order valence-corrected chi connectivity index (χ0v) is 17.0. The van der Waals surface area contributed by atoms with Crippen LogP contribution in [0.25, 0.3) is 0 Å². The molecule has 0 fully saturated rings. The number of carbonyl (C=O) groups excluding carboxylic acids is 2. The van der Waals surface area contributed by atoms with Crippen molar-refractivity contribution in [2.24, 2.45) is 0 Å². The number of benzene rings is 3. The Morgan fingerprint density at radius 1 is 0.967 bits per heavy atom. The number of fused-ring (bicyclic) bond motifs is 4. The van der Waals surface area contributed by atoms with Crippen LogP contribution in [-0.4, -0.2) is 23.3 Å². The van der Waals surface area contributed by atoms with Crippen molar-refractivity contribution in [1.82, 2.24) is 4.90 Å². The quantitative estimate of drug-likeness (QED) is 0.696. The van der Waals surface area contributed by atoms with E-state index in [0.717, 1.165) is 35.2 Å². The lowest BCUT2D eigenvalue weighted by Crippen LogP contribution is -2.49. The summed E-state index contributed by atoms with van der Waals surface area (Å²) in [6.45, 7) is 2.71. The fourth-order valence-corrected chi connectivity index (χ4v) is 4.92. The Balaban J connectivity index is 1.63. The van der Waals surface area contributed by atoms with Gasteiger partial charge < -0.3 is 10.2 Å². The number of aryl methyl sites for hydroxylation is 1. The summed E-state index contributed by atoms with van der Waals surface area (Å²) in [6.07, 6.45) is 1.65. The molecule has 0 aromatic heterocycles. The normalized spacial score (nSPS) is 19.5. The van der Waals surface area contributed by atoms with E-state index in [2.05, 4.69) is 24.4 Å². The van der Waals surface area contributed by atoms with Crippen LogP contribution >= 0.6 is 0 Å². The van der Waals surface area contributed by atoms with Crippen molar-refractivity contribution in [3.63, 3.8) is 0 Å². The van der Waals surface area contributed by atoms with Crippen molar-refractivity contribution in [1.29, 1.82) is 0 Å². The molecule has 4 nitrogen and oxygen atoms in total. The van der Waals surface area contributed by atoms with Crippen LogP contribution in [0.3, 0.4) is 0 Å². The highest BCUT2D eigenvalue weighted by Crippen LogP contribution is 2.46. The van der Waals surface area contributed by atoms with E-state index in [0.29, 0.717) is 12.1 Å². The maximum absolute atomic E-state index is 13.7. The molecule has 150 valence electrons. The summed E-state index contributed by atoms with van der Waals surface area (Å²) in [5.74, 6) is -0.504. The molecular formula is C26H24N2O2. The van der Waals surface area contributed by atoms with Crippen LogP contribution < -0.4 is 5.32 Å². The predicted molar refractivity (Wildman–Crippen MR) is 118 cm³/mol. The van der Waals surface area contributed by atoms with Gasteiger partial charge in [-0.1, -0.05) is 67.6 Å². The number of nitrogens with one attached hydrogen (secondary N) is 1. The Bertz CT molecular complexity index is 1140. The molecule has 0 saturated heterocycles. The summed E-state index contributed by atoms with van der Waals surface area (Å²) >= 11 is 0. The van der Waals surface area contributed by atoms with Crippen LogP contribution in [0, 0.1) is 0 Å². The van der Waals surface area contributed by atoms with Gasteiger partial charge in [0.05, 0.1) is 12.0 Å². The minimum absolute atomic E-state index is 0.0168. The van der Waals surface area contributed by atoms with Gasteiger partial charge in [-0.2, -0.15) is 0 Å². The van der Waals surface area contributed by atoms with Crippen molar-refractivity contribution in [2.45, 2.75) is 31.7 Å². The van der Waals surface area contributed by atoms with Gasteiger partial charge in [-0.15, -0.1) is 0 Å². The van der Waals surface area contributed by atoms with Crippen LogP contribution in [0.15, 0.2) is 72.8 Å². The Hall–Kier alpha value is -3.40. The summed E-state index contributed by atoms with van der Waals surface area (Å²) in [5, 5.41) is 3.17. The van der Waals surface area contributed by atoms with E-state index in [4.69, 9.17) is 0 Å². The first-order chi connectivity index (χ1) is 14.7. The molecule has 5 rings (SSSR count). The molecule has 0 spiro atoms. The van der Waals surface area contributed by atoms with Crippen LogP contribution in [0.1, 0.15) is 51.5 Å². The number of rotatable bonds is 3. The maximum atomic E-state index is 13.7. The van der Waals surface area contributed by atoms with Crippen molar-refractivity contribution >= 4 is 17.5 Å². The number of amides is 2. The van der Waals surface area contributed by atoms with Gasteiger partial charge in [0, 0.05) is 17.8 Å². The Morgan fingerprint density at radius 3 is 2.50 bits per heavy atom. The minimum Gasteiger partial charge on any atom is -0.330 e. The number of hydrogen-bond acceptors (Lipinski definition) is 2. The molecular weight excluding hydrogens is 372 g/mol. The highest BCUT2D eigenvalue weighted by Gasteiger charge is 2.46. The first-order valence-electron chi connectivity index (χ1n) is 10.6. The standard InChI is InChI=1S/C26H24N2O2/c1-2-17-9-4-8-14-22(17)27-25(29)23-20-12-6-7-13-21(20)26(30)28-16-15-18-10-3-5-11-19(18)24(23)28/h3-14,23-24H,2,15-16H2,1H3,(H,27,29)/t23-,24-/m0/s1. The smallest absolute Gasteiger partial charge is 0.254 e. The van der Waals surface area contributed by atoms with E-state index in [1.807, 2.05) is 65.6 Å². The molecule has 0 radical (unpaired) electrons. The molecule has 0 aliphatic carbocycles. The zero-order valence-electron chi connectivity index (χ0n) is 17.0. The SMILES string of the molecule is CCc1ccccc1NC(=O)[C@H]1c2ccccc2C(=O)N2CCc3ccccc3[C@@H]12. The van der Waals surface area contributed by atoms with Gasteiger partial charge in [-0.25, -0.2) is 0 Å². The minimum atomic E-state index is -0.453. The Labute approximate surface area is 176 Å². The fraction of sp³-hybridized carbons (Fsp3) is 0.231. The second-order valence-electron chi connectivity index (χ2n) is 7.96. The lowest BCUT2D eigenvalue weighted by atomic mass is 9.76. The number of hydrogen-bond donors (Lipinski definition) is 1. The number of para-hydroxylation sites is 1. The van der Waals surface area contributed by atoms with Crippen molar-refractivity contribution < 1.29 is 9.59 Å². The monoisotopic (exact) mass is 396 g/mol. The van der Waals surface area contributed by atoms with E-state index in [9.17, 15) is 9.59 Å². The summed E-state index contributed by atoms with van der Waals surface area (Å²) in [4.78, 5) is 28.9. The highest BCUT2D eigenvalue weighted by molar-refractivity contribution is 6.04. The van der Waals surface area contributed by atoms with E-state index >= 15 is 0 Å². The third kappa shape index (κ3) is 2.91. The van der Waals surface area contributed by atoms with Crippen LogP contribution in [0.4, 0.5) is 5.69 Å². The van der Waals surface area contributed by atoms with Crippen molar-refractivity contribution in [3.05, 3.63) is 101 Å². The van der Waals surface area contributed by atoms with Crippen molar-refractivity contribution in [3.8, 4) is 0 Å². The average molecular weight is 396 g/mol. The Morgan fingerprint density at radius 2 is 1.67 bits per heavy atom. The predicted octanol–water partition coefficient (Wildman–Crippen LogP) is 4.72. The second-order valence-corrected chi connectivity index (χ2v) is 7.96. The molecule has 0 saturated carbocycles. The number of carbonyl (C=O) groups is 2. The summed E-state index contributed by atoms with van der Waals surface area (Å²) in [6, 6.07) is 23.4. The van der Waals surface area contributed by atoms with Gasteiger partial charge in [0.2, 0.25) is 5.91 Å². The second kappa shape index (κ2) is 7.45. The van der Waals surface area contributed by atoms with Gasteiger partial charge in [-0.05, 0) is 47.2 Å². The van der Waals surface area contributed by atoms with Crippen LogP contribution in [0.5, 0.6) is 0 Å². The van der Waals surface area contributed by atoms with Gasteiger partial charge in [-0.3, -0.25) is 9.59 Å².